The lowest BCUT2D eigenvalue weighted by molar-refractivity contribution is 0.132. The van der Waals surface area contributed by atoms with E-state index in [1.54, 1.807) is 38.5 Å². The molecule has 0 amide bonds. The number of hydrogen-bond acceptors (Lipinski definition) is 0. The van der Waals surface area contributed by atoms with Crippen molar-refractivity contribution in [2.24, 2.45) is 88.8 Å². The third-order valence-corrected chi connectivity index (χ3v) is 23.1. The first-order valence-electron chi connectivity index (χ1n) is 27.5. The van der Waals surface area contributed by atoms with Crippen LogP contribution in [0.2, 0.25) is 0 Å². The minimum Gasteiger partial charge on any atom is -0.137 e. The summed E-state index contributed by atoms with van der Waals surface area (Å²) in [6.45, 7) is 7.11. The molecule has 0 aliphatic heterocycles. The number of hydrogen-bond donors (Lipinski definition) is 0. The molecule has 6 heteroatoms. The Kier molecular flexibility index (Phi) is 29.8. The lowest BCUT2D eigenvalue weighted by atomic mass is 9.67. The first kappa shape index (κ1) is 55.2. The second-order valence-corrected chi connectivity index (χ2v) is 25.5. The second kappa shape index (κ2) is 32.4. The van der Waals surface area contributed by atoms with E-state index in [-0.39, 0.29) is 0 Å². The van der Waals surface area contributed by atoms with Gasteiger partial charge in [-0.05, 0) is 261 Å². The summed E-state index contributed by atoms with van der Waals surface area (Å²) < 4.78 is 0. The third kappa shape index (κ3) is 19.7. The van der Waals surface area contributed by atoms with Crippen LogP contribution >= 0.6 is 55.4 Å². The Hall–Kier alpha value is 2.58. The Balaban J connectivity index is 0.000000202. The van der Waals surface area contributed by atoms with Gasteiger partial charge in [0.1, 0.15) is 0 Å². The van der Waals surface area contributed by atoms with Crippen LogP contribution in [0.25, 0.3) is 0 Å². The van der Waals surface area contributed by atoms with Gasteiger partial charge in [-0.3, -0.25) is 0 Å². The molecule has 6 rings (SSSR count). The fraction of sp³-hybridized carbons (Fsp3) is 1.00. The highest BCUT2D eigenvalue weighted by Crippen LogP contribution is 2.46. The largest absolute Gasteiger partial charge is 0.137 e. The molecule has 6 saturated carbocycles. The molecule has 0 aromatic rings. The van der Waals surface area contributed by atoms with Crippen LogP contribution in [0.15, 0.2) is 0 Å². The van der Waals surface area contributed by atoms with Gasteiger partial charge in [0.15, 0.2) is 0 Å². The lowest BCUT2D eigenvalue weighted by Crippen LogP contribution is -2.27. The first-order chi connectivity index (χ1) is 29.3. The van der Waals surface area contributed by atoms with Crippen molar-refractivity contribution in [3.63, 3.8) is 0 Å². The van der Waals surface area contributed by atoms with Crippen LogP contribution in [-0.4, -0.2) is 37.0 Å². The van der Waals surface area contributed by atoms with Crippen molar-refractivity contribution in [3.05, 3.63) is 0 Å². The molecule has 6 fully saturated rings. The highest BCUT2D eigenvalue weighted by Gasteiger charge is 2.34. The lowest BCUT2D eigenvalue weighted by Gasteiger charge is -2.39. The van der Waals surface area contributed by atoms with Gasteiger partial charge < -0.3 is 0 Å². The summed E-state index contributed by atoms with van der Waals surface area (Å²) >= 11 is 0. The molecule has 0 aromatic heterocycles. The van der Waals surface area contributed by atoms with Crippen LogP contribution in [0, 0.1) is 88.8 Å². The van der Waals surface area contributed by atoms with Crippen molar-refractivity contribution < 1.29 is 0 Å². The van der Waals surface area contributed by atoms with E-state index in [1.165, 1.54) is 191 Å². The molecule has 6 aliphatic rings. The highest BCUT2D eigenvalue weighted by molar-refractivity contribution is 7.17. The molecule has 0 saturated heterocycles. The molecule has 0 spiro atoms. The van der Waals surface area contributed by atoms with E-state index in [0.717, 1.165) is 88.8 Å². The molecule has 60 heavy (non-hydrogen) atoms. The molecule has 0 aromatic carbocycles. The van der Waals surface area contributed by atoms with Crippen LogP contribution in [0.1, 0.15) is 213 Å². The molecule has 0 bridgehead atoms. The maximum atomic E-state index is 2.97. The minimum atomic E-state index is 0.968. The monoisotopic (exact) mass is 943 g/mol. The number of rotatable bonds is 18. The van der Waals surface area contributed by atoms with Crippen molar-refractivity contribution in [2.75, 3.05) is 37.0 Å². The second-order valence-electron chi connectivity index (χ2n) is 22.6. The van der Waals surface area contributed by atoms with Gasteiger partial charge in [-0.25, -0.2) is 0 Å². The Morgan fingerprint density at radius 1 is 0.267 bits per heavy atom. The third-order valence-electron chi connectivity index (χ3n) is 19.1. The summed E-state index contributed by atoms with van der Waals surface area (Å²) in [6, 6.07) is 0. The van der Waals surface area contributed by atoms with Crippen LogP contribution in [0.3, 0.4) is 0 Å². The smallest absolute Gasteiger partial charge is 0.0353 e. The maximum absolute atomic E-state index is 2.97. The summed E-state index contributed by atoms with van der Waals surface area (Å²) in [6.07, 6.45) is 53.5. The molecule has 9 atom stereocenters. The first-order valence-corrected chi connectivity index (χ1v) is 32.4. The summed E-state index contributed by atoms with van der Waals surface area (Å²) in [5, 5.41) is 0. The molecule has 0 nitrogen and oxygen atoms in total. The predicted octanol–water partition coefficient (Wildman–Crippen LogP) is 17.3. The van der Waals surface area contributed by atoms with Gasteiger partial charge in [0, 0.05) is 0 Å². The highest BCUT2D eigenvalue weighted by atomic mass is 31.0. The van der Waals surface area contributed by atoms with Gasteiger partial charge in [0.05, 0.1) is 0 Å². The molecular weight excluding hydrogens is 834 g/mol. The van der Waals surface area contributed by atoms with Crippen molar-refractivity contribution in [1.82, 2.24) is 0 Å². The molecule has 9 unspecified atom stereocenters. The zero-order valence-electron chi connectivity index (χ0n) is 40.6. The molecule has 0 heterocycles. The van der Waals surface area contributed by atoms with Crippen molar-refractivity contribution in [3.8, 4) is 0 Å². The van der Waals surface area contributed by atoms with Gasteiger partial charge in [-0.2, -0.15) is 0 Å². The predicted molar refractivity (Wildman–Crippen MR) is 295 cm³/mol. The Labute approximate surface area is 392 Å². The molecule has 0 radical (unpaired) electrons. The SMILES string of the molecule is CCC(CP)CC1CCC(C2CCC(CC(CC)CP)CC2)CC1.CCC(CP)CC1CCC(C2CCC(CP)CC2)CC1.PCC1CCC(C2CCC(CP)CC2)CC1. The van der Waals surface area contributed by atoms with E-state index in [0.29, 0.717) is 0 Å². The van der Waals surface area contributed by atoms with E-state index in [9.17, 15) is 0 Å². The zero-order valence-corrected chi connectivity index (χ0v) is 47.5. The van der Waals surface area contributed by atoms with E-state index in [4.69, 9.17) is 0 Å². The van der Waals surface area contributed by atoms with Crippen LogP contribution in [0.4, 0.5) is 0 Å². The van der Waals surface area contributed by atoms with Crippen molar-refractivity contribution in [2.45, 2.75) is 213 Å². The quantitative estimate of drug-likeness (QED) is 0.120. The standard InChI is InChI=1S/C22H44P2.C18H36P2.C14H28P2/c1-3-17(15-23)13-19-5-9-21(10-6-19)22-11-7-20(8-12-22)14-18(4-2)16-24;1-2-14(12-19)11-15-3-7-17(8-4-15)18-9-5-16(13-20)6-10-18;15-9-11-1-5-13(6-2-11)14-7-3-12(10-16)4-8-14/h17-22H,3-16,23-24H2,1-2H3;14-18H,2-13,19-20H2,1H3;11-14H,1-10,15-16H2. The average molecular weight is 943 g/mol. The zero-order chi connectivity index (χ0) is 43.1. The van der Waals surface area contributed by atoms with Gasteiger partial charge in [-0.1, -0.05) is 78.6 Å². The topological polar surface area (TPSA) is 0 Å². The van der Waals surface area contributed by atoms with Crippen LogP contribution in [-0.2, 0) is 0 Å². The van der Waals surface area contributed by atoms with E-state index in [1.807, 2.05) is 0 Å². The van der Waals surface area contributed by atoms with Crippen molar-refractivity contribution >= 4 is 55.4 Å². The van der Waals surface area contributed by atoms with Gasteiger partial charge >= 0.3 is 0 Å². The molecule has 6 aliphatic carbocycles. The Bertz CT molecular complexity index is 941. The fourth-order valence-electron chi connectivity index (χ4n) is 14.1. The maximum Gasteiger partial charge on any atom is -0.0353 e. The van der Waals surface area contributed by atoms with Gasteiger partial charge in [-0.15, -0.1) is 55.4 Å². The normalized spacial score (nSPS) is 36.8. The van der Waals surface area contributed by atoms with E-state index in [2.05, 4.69) is 76.2 Å². The minimum absolute atomic E-state index is 0.968. The van der Waals surface area contributed by atoms with Crippen LogP contribution < -0.4 is 0 Å². The van der Waals surface area contributed by atoms with Gasteiger partial charge in [0.25, 0.3) is 0 Å². The summed E-state index contributed by atoms with van der Waals surface area (Å²) in [4.78, 5) is 0. The summed E-state index contributed by atoms with van der Waals surface area (Å²) in [5.74, 6) is 15.7. The van der Waals surface area contributed by atoms with E-state index < -0.39 is 0 Å². The molecular formula is C54H108P6. The Morgan fingerprint density at radius 2 is 0.433 bits per heavy atom. The van der Waals surface area contributed by atoms with Gasteiger partial charge in [0.2, 0.25) is 0 Å². The Morgan fingerprint density at radius 3 is 0.567 bits per heavy atom. The molecule has 0 N–H and O–H groups in total. The summed E-state index contributed by atoms with van der Waals surface area (Å²) in [5.41, 5.74) is 0. The fourth-order valence-corrected chi connectivity index (χ4v) is 17.1. The van der Waals surface area contributed by atoms with Crippen LogP contribution in [0.5, 0.6) is 0 Å². The average Bonchev–Trinajstić information content (AvgIpc) is 3.32. The summed E-state index contributed by atoms with van der Waals surface area (Å²) in [7, 11) is 17.7. The molecule has 354 valence electrons. The van der Waals surface area contributed by atoms with Crippen molar-refractivity contribution in [1.29, 1.82) is 0 Å². The van der Waals surface area contributed by atoms with E-state index >= 15 is 0 Å².